The van der Waals surface area contributed by atoms with E-state index in [9.17, 15) is 18.0 Å². The van der Waals surface area contributed by atoms with E-state index in [1.165, 1.54) is 17.8 Å². The Hall–Kier alpha value is -1.87. The third-order valence-electron chi connectivity index (χ3n) is 2.72. The standard InChI is InChI=1S/C11H17N3O5S/c1-3-4-8(11(16)17)13-20(18,19)7-5-9(10(12)15)14(2)6-7/h5-6,8,13H,3-4H2,1-2H3,(H2,12,15)(H,16,17)/t8-/m1/s1. The zero-order valence-electron chi connectivity index (χ0n) is 11.2. The molecular formula is C11H17N3O5S. The van der Waals surface area contributed by atoms with Gasteiger partial charge >= 0.3 is 5.97 Å². The fourth-order valence-electron chi connectivity index (χ4n) is 1.70. The smallest absolute Gasteiger partial charge is 0.321 e. The Labute approximate surface area is 116 Å². The van der Waals surface area contributed by atoms with Crippen molar-refractivity contribution in [1.82, 2.24) is 9.29 Å². The number of carboxylic acids is 1. The van der Waals surface area contributed by atoms with Crippen LogP contribution in [0.5, 0.6) is 0 Å². The Kier molecular flexibility index (Phi) is 4.90. The van der Waals surface area contributed by atoms with Gasteiger partial charge in [0.05, 0.1) is 0 Å². The van der Waals surface area contributed by atoms with Crippen LogP contribution in [-0.2, 0) is 21.9 Å². The zero-order valence-corrected chi connectivity index (χ0v) is 12.0. The molecule has 0 spiro atoms. The van der Waals surface area contributed by atoms with Crippen molar-refractivity contribution in [3.05, 3.63) is 18.0 Å². The monoisotopic (exact) mass is 303 g/mol. The summed E-state index contributed by atoms with van der Waals surface area (Å²) in [7, 11) is -2.55. The maximum absolute atomic E-state index is 12.1. The molecule has 0 saturated heterocycles. The summed E-state index contributed by atoms with van der Waals surface area (Å²) >= 11 is 0. The summed E-state index contributed by atoms with van der Waals surface area (Å²) in [5.41, 5.74) is 5.12. The van der Waals surface area contributed by atoms with Crippen LogP contribution in [0.15, 0.2) is 17.2 Å². The van der Waals surface area contributed by atoms with Crippen LogP contribution in [0.3, 0.4) is 0 Å². The van der Waals surface area contributed by atoms with Crippen molar-refractivity contribution >= 4 is 21.9 Å². The van der Waals surface area contributed by atoms with E-state index in [0.717, 1.165) is 6.07 Å². The molecule has 0 fully saturated rings. The molecule has 0 radical (unpaired) electrons. The zero-order chi connectivity index (χ0) is 15.5. The number of sulfonamides is 1. The molecule has 0 saturated carbocycles. The van der Waals surface area contributed by atoms with E-state index < -0.39 is 27.9 Å². The summed E-state index contributed by atoms with van der Waals surface area (Å²) in [6, 6.07) is -0.0996. The van der Waals surface area contributed by atoms with E-state index in [2.05, 4.69) is 4.72 Å². The van der Waals surface area contributed by atoms with Crippen LogP contribution in [0.2, 0.25) is 0 Å². The average molecular weight is 303 g/mol. The number of hydrogen-bond acceptors (Lipinski definition) is 4. The second-order valence-electron chi connectivity index (χ2n) is 4.34. The van der Waals surface area contributed by atoms with Gasteiger partial charge in [-0.15, -0.1) is 0 Å². The summed E-state index contributed by atoms with van der Waals surface area (Å²) in [5.74, 6) is -2.02. The summed E-state index contributed by atoms with van der Waals surface area (Å²) in [6.45, 7) is 1.75. The van der Waals surface area contributed by atoms with Crippen molar-refractivity contribution in [2.45, 2.75) is 30.7 Å². The highest BCUT2D eigenvalue weighted by atomic mass is 32.2. The van der Waals surface area contributed by atoms with Crippen LogP contribution >= 0.6 is 0 Å². The van der Waals surface area contributed by atoms with Gasteiger partial charge in [0.15, 0.2) is 0 Å². The number of rotatable bonds is 7. The Bertz CT molecular complexity index is 620. The molecule has 4 N–H and O–H groups in total. The SMILES string of the molecule is CCC[C@@H](NS(=O)(=O)c1cc(C(N)=O)n(C)c1)C(=O)O. The molecule has 0 aromatic carbocycles. The first kappa shape index (κ1) is 16.2. The van der Waals surface area contributed by atoms with Crippen molar-refractivity contribution in [2.75, 3.05) is 0 Å². The Morgan fingerprint density at radius 1 is 1.50 bits per heavy atom. The van der Waals surface area contributed by atoms with Gasteiger partial charge in [-0.2, -0.15) is 4.72 Å². The average Bonchev–Trinajstić information content (AvgIpc) is 2.71. The van der Waals surface area contributed by atoms with Crippen LogP contribution in [0.1, 0.15) is 30.3 Å². The number of carbonyl (C=O) groups is 2. The van der Waals surface area contributed by atoms with E-state index in [-0.39, 0.29) is 17.0 Å². The van der Waals surface area contributed by atoms with Crippen molar-refractivity contribution in [3.63, 3.8) is 0 Å². The Balaban J connectivity index is 3.07. The Morgan fingerprint density at radius 2 is 2.10 bits per heavy atom. The molecule has 1 heterocycles. The quantitative estimate of drug-likeness (QED) is 0.634. The summed E-state index contributed by atoms with van der Waals surface area (Å²) in [6.07, 6.45) is 1.89. The molecule has 1 amide bonds. The van der Waals surface area contributed by atoms with Crippen molar-refractivity contribution < 1.29 is 23.1 Å². The number of carbonyl (C=O) groups excluding carboxylic acids is 1. The van der Waals surface area contributed by atoms with Crippen molar-refractivity contribution in [1.29, 1.82) is 0 Å². The van der Waals surface area contributed by atoms with Crippen molar-refractivity contribution in [3.8, 4) is 0 Å². The lowest BCUT2D eigenvalue weighted by Crippen LogP contribution is -2.40. The number of aromatic nitrogens is 1. The van der Waals surface area contributed by atoms with Gasteiger partial charge in [-0.25, -0.2) is 8.42 Å². The molecule has 1 aromatic heterocycles. The molecule has 0 unspecified atom stereocenters. The van der Waals surface area contributed by atoms with E-state index in [0.29, 0.717) is 6.42 Å². The number of aliphatic carboxylic acids is 1. The molecule has 0 aliphatic rings. The van der Waals surface area contributed by atoms with Crippen LogP contribution < -0.4 is 10.5 Å². The largest absolute Gasteiger partial charge is 0.480 e. The predicted octanol–water partition coefficient (Wildman–Crippen LogP) is -0.344. The number of carboxylic acid groups (broad SMARTS) is 1. The summed E-state index contributed by atoms with van der Waals surface area (Å²) in [4.78, 5) is 21.9. The van der Waals surface area contributed by atoms with Gasteiger partial charge < -0.3 is 15.4 Å². The highest BCUT2D eigenvalue weighted by molar-refractivity contribution is 7.89. The van der Waals surface area contributed by atoms with E-state index in [1.807, 2.05) is 0 Å². The number of primary amides is 1. The highest BCUT2D eigenvalue weighted by Crippen LogP contribution is 2.14. The molecule has 1 rings (SSSR count). The summed E-state index contributed by atoms with van der Waals surface area (Å²) in [5, 5.41) is 8.96. The predicted molar refractivity (Wildman–Crippen MR) is 70.6 cm³/mol. The molecule has 0 bridgehead atoms. The third kappa shape index (κ3) is 3.58. The molecule has 8 nitrogen and oxygen atoms in total. The van der Waals surface area contributed by atoms with E-state index in [1.54, 1.807) is 6.92 Å². The van der Waals surface area contributed by atoms with Gasteiger partial charge in [0.2, 0.25) is 10.0 Å². The second-order valence-corrected chi connectivity index (χ2v) is 6.05. The van der Waals surface area contributed by atoms with Crippen LogP contribution in [-0.4, -0.2) is 36.0 Å². The Morgan fingerprint density at radius 3 is 2.50 bits per heavy atom. The fourth-order valence-corrected chi connectivity index (χ4v) is 3.00. The minimum Gasteiger partial charge on any atom is -0.480 e. The lowest BCUT2D eigenvalue weighted by molar-refractivity contribution is -0.139. The number of nitrogens with two attached hydrogens (primary N) is 1. The molecule has 1 atom stereocenters. The number of nitrogens with one attached hydrogen (secondary N) is 1. The van der Waals surface area contributed by atoms with Crippen LogP contribution in [0.25, 0.3) is 0 Å². The molecule has 0 aliphatic heterocycles. The van der Waals surface area contributed by atoms with E-state index in [4.69, 9.17) is 10.8 Å². The minimum absolute atomic E-state index is 0.0211. The van der Waals surface area contributed by atoms with Gasteiger partial charge in [-0.05, 0) is 12.5 Å². The maximum atomic E-state index is 12.1. The van der Waals surface area contributed by atoms with Gasteiger partial charge in [0.25, 0.3) is 5.91 Å². The molecule has 0 aliphatic carbocycles. The van der Waals surface area contributed by atoms with Gasteiger partial charge in [-0.3, -0.25) is 9.59 Å². The first-order valence-corrected chi connectivity index (χ1v) is 7.38. The number of aryl methyl sites for hydroxylation is 1. The third-order valence-corrected chi connectivity index (χ3v) is 4.15. The molecule has 9 heteroatoms. The van der Waals surface area contributed by atoms with Gasteiger partial charge in [0, 0.05) is 13.2 Å². The number of hydrogen-bond donors (Lipinski definition) is 3. The van der Waals surface area contributed by atoms with E-state index >= 15 is 0 Å². The normalized spacial score (nSPS) is 13.1. The second kappa shape index (κ2) is 6.06. The number of nitrogens with zero attached hydrogens (tertiary/aromatic N) is 1. The topological polar surface area (TPSA) is 131 Å². The van der Waals surface area contributed by atoms with Crippen molar-refractivity contribution in [2.24, 2.45) is 12.8 Å². The lowest BCUT2D eigenvalue weighted by atomic mass is 10.2. The lowest BCUT2D eigenvalue weighted by Gasteiger charge is -2.12. The molecule has 20 heavy (non-hydrogen) atoms. The van der Waals surface area contributed by atoms with Crippen LogP contribution in [0.4, 0.5) is 0 Å². The van der Waals surface area contributed by atoms with Gasteiger partial charge in [-0.1, -0.05) is 13.3 Å². The minimum atomic E-state index is -4.02. The van der Waals surface area contributed by atoms with Gasteiger partial charge in [0.1, 0.15) is 16.6 Å². The first-order chi connectivity index (χ1) is 9.19. The molecule has 1 aromatic rings. The molecular weight excluding hydrogens is 286 g/mol. The van der Waals surface area contributed by atoms with Crippen LogP contribution in [0, 0.1) is 0 Å². The fraction of sp³-hybridized carbons (Fsp3) is 0.455. The molecule has 112 valence electrons. The summed E-state index contributed by atoms with van der Waals surface area (Å²) < 4.78 is 27.5. The highest BCUT2D eigenvalue weighted by Gasteiger charge is 2.26. The number of amides is 1. The first-order valence-electron chi connectivity index (χ1n) is 5.90. The maximum Gasteiger partial charge on any atom is 0.321 e.